The summed E-state index contributed by atoms with van der Waals surface area (Å²) < 4.78 is 5.23. The molecule has 0 aliphatic heterocycles. The second kappa shape index (κ2) is 5.34. The second-order valence-corrected chi connectivity index (χ2v) is 4.80. The van der Waals surface area contributed by atoms with Gasteiger partial charge in [-0.15, -0.1) is 11.3 Å². The number of aliphatic hydroxyl groups is 1. The fourth-order valence-electron chi connectivity index (χ4n) is 1.81. The second-order valence-electron chi connectivity index (χ2n) is 3.85. The summed E-state index contributed by atoms with van der Waals surface area (Å²) in [6.45, 7) is 2.11. The Morgan fingerprint density at radius 2 is 2.18 bits per heavy atom. The van der Waals surface area contributed by atoms with Gasteiger partial charge in [0.2, 0.25) is 0 Å². The number of aryl methyl sites for hydroxylation is 1. The number of rotatable bonds is 4. The molecule has 1 unspecified atom stereocenters. The topological polar surface area (TPSA) is 29.5 Å². The molecule has 17 heavy (non-hydrogen) atoms. The summed E-state index contributed by atoms with van der Waals surface area (Å²) in [5.41, 5.74) is 2.15. The Bertz CT molecular complexity index is 490. The van der Waals surface area contributed by atoms with Crippen molar-refractivity contribution in [3.05, 3.63) is 51.7 Å². The van der Waals surface area contributed by atoms with Crippen molar-refractivity contribution in [1.29, 1.82) is 0 Å². The zero-order valence-electron chi connectivity index (χ0n) is 10.0. The van der Waals surface area contributed by atoms with Crippen LogP contribution < -0.4 is 4.74 Å². The minimum atomic E-state index is -0.601. The van der Waals surface area contributed by atoms with Gasteiger partial charge < -0.3 is 9.84 Å². The van der Waals surface area contributed by atoms with Crippen molar-refractivity contribution in [3.8, 4) is 5.75 Å². The molecule has 0 saturated carbocycles. The first-order chi connectivity index (χ1) is 8.26. The Labute approximate surface area is 105 Å². The molecule has 1 aromatic heterocycles. The fourth-order valence-corrected chi connectivity index (χ4v) is 2.68. The molecule has 0 saturated heterocycles. The van der Waals surface area contributed by atoms with Crippen LogP contribution >= 0.6 is 11.3 Å². The number of methoxy groups -OCH3 is 1. The van der Waals surface area contributed by atoms with Crippen molar-refractivity contribution in [2.45, 2.75) is 19.4 Å². The third-order valence-electron chi connectivity index (χ3n) is 2.80. The standard InChI is InChI=1S/C14H16O2S/c1-3-10-5-4-6-11(9-10)13(15)14-12(16-2)7-8-17-14/h4-9,13,15H,3H2,1-2H3. The zero-order valence-corrected chi connectivity index (χ0v) is 10.8. The lowest BCUT2D eigenvalue weighted by molar-refractivity contribution is 0.219. The quantitative estimate of drug-likeness (QED) is 0.898. The summed E-state index contributed by atoms with van der Waals surface area (Å²) in [5, 5.41) is 12.3. The number of hydrogen-bond acceptors (Lipinski definition) is 3. The molecule has 2 rings (SSSR count). The highest BCUT2D eigenvalue weighted by Gasteiger charge is 2.16. The predicted molar refractivity (Wildman–Crippen MR) is 70.8 cm³/mol. The van der Waals surface area contributed by atoms with Crippen molar-refractivity contribution < 1.29 is 9.84 Å². The molecule has 3 heteroatoms. The molecule has 0 radical (unpaired) electrons. The molecule has 0 amide bonds. The fraction of sp³-hybridized carbons (Fsp3) is 0.286. The molecule has 90 valence electrons. The van der Waals surface area contributed by atoms with Gasteiger partial charge in [0.25, 0.3) is 0 Å². The number of thiophene rings is 1. The summed E-state index contributed by atoms with van der Waals surface area (Å²) in [7, 11) is 1.63. The van der Waals surface area contributed by atoms with Crippen molar-refractivity contribution >= 4 is 11.3 Å². The van der Waals surface area contributed by atoms with E-state index in [0.29, 0.717) is 0 Å². The number of aliphatic hydroxyl groups excluding tert-OH is 1. The van der Waals surface area contributed by atoms with Crippen LogP contribution in [0.1, 0.15) is 29.0 Å². The summed E-state index contributed by atoms with van der Waals surface area (Å²) >= 11 is 1.52. The van der Waals surface area contributed by atoms with Crippen molar-refractivity contribution in [1.82, 2.24) is 0 Å². The lowest BCUT2D eigenvalue weighted by Crippen LogP contribution is -2.00. The van der Waals surface area contributed by atoms with Crippen LogP contribution in [0.3, 0.4) is 0 Å². The highest BCUT2D eigenvalue weighted by molar-refractivity contribution is 7.10. The number of hydrogen-bond donors (Lipinski definition) is 1. The van der Waals surface area contributed by atoms with Crippen LogP contribution in [0.5, 0.6) is 5.75 Å². The molecular weight excluding hydrogens is 232 g/mol. The Morgan fingerprint density at radius 1 is 1.35 bits per heavy atom. The van der Waals surface area contributed by atoms with Gasteiger partial charge >= 0.3 is 0 Å². The highest BCUT2D eigenvalue weighted by atomic mass is 32.1. The molecule has 1 heterocycles. The monoisotopic (exact) mass is 248 g/mol. The van der Waals surface area contributed by atoms with E-state index in [1.54, 1.807) is 7.11 Å². The van der Waals surface area contributed by atoms with E-state index in [-0.39, 0.29) is 0 Å². The number of ether oxygens (including phenoxy) is 1. The molecular formula is C14H16O2S. The lowest BCUT2D eigenvalue weighted by atomic mass is 10.0. The first-order valence-corrected chi connectivity index (χ1v) is 6.52. The first-order valence-electron chi connectivity index (χ1n) is 5.64. The summed E-state index contributed by atoms with van der Waals surface area (Å²) in [4.78, 5) is 0.862. The Morgan fingerprint density at radius 3 is 2.88 bits per heavy atom. The van der Waals surface area contributed by atoms with Crippen LogP contribution in [0.4, 0.5) is 0 Å². The van der Waals surface area contributed by atoms with Crippen LogP contribution in [-0.2, 0) is 6.42 Å². The normalized spacial score (nSPS) is 12.4. The van der Waals surface area contributed by atoms with Crippen LogP contribution in [0.2, 0.25) is 0 Å². The molecule has 1 aromatic carbocycles. The lowest BCUT2D eigenvalue weighted by Gasteiger charge is -2.12. The van der Waals surface area contributed by atoms with E-state index >= 15 is 0 Å². The maximum atomic E-state index is 10.3. The van der Waals surface area contributed by atoms with Gasteiger partial charge in [0.1, 0.15) is 11.9 Å². The summed E-state index contributed by atoms with van der Waals surface area (Å²) in [5.74, 6) is 0.754. The third-order valence-corrected chi connectivity index (χ3v) is 3.75. The summed E-state index contributed by atoms with van der Waals surface area (Å²) in [6.07, 6.45) is 0.374. The maximum absolute atomic E-state index is 10.3. The molecule has 0 spiro atoms. The Balaban J connectivity index is 2.33. The van der Waals surface area contributed by atoms with Gasteiger partial charge in [0, 0.05) is 0 Å². The van der Waals surface area contributed by atoms with Crippen molar-refractivity contribution in [2.24, 2.45) is 0 Å². The van der Waals surface area contributed by atoms with Crippen molar-refractivity contribution in [2.75, 3.05) is 7.11 Å². The van der Waals surface area contributed by atoms with Crippen LogP contribution in [0.25, 0.3) is 0 Å². The average Bonchev–Trinajstić information content (AvgIpc) is 2.86. The van der Waals surface area contributed by atoms with E-state index < -0.39 is 6.10 Å². The molecule has 0 aliphatic rings. The van der Waals surface area contributed by atoms with Gasteiger partial charge in [0.15, 0.2) is 0 Å². The molecule has 2 aromatic rings. The Kier molecular flexibility index (Phi) is 3.82. The van der Waals surface area contributed by atoms with E-state index in [9.17, 15) is 5.11 Å². The van der Waals surface area contributed by atoms with Gasteiger partial charge in [0.05, 0.1) is 12.0 Å². The molecule has 1 atom stereocenters. The molecule has 2 nitrogen and oxygen atoms in total. The minimum Gasteiger partial charge on any atom is -0.495 e. The zero-order chi connectivity index (χ0) is 12.3. The SMILES string of the molecule is CCc1cccc(C(O)c2sccc2OC)c1. The van der Waals surface area contributed by atoms with Crippen molar-refractivity contribution in [3.63, 3.8) is 0 Å². The average molecular weight is 248 g/mol. The molecule has 0 bridgehead atoms. The van der Waals surface area contributed by atoms with E-state index in [1.165, 1.54) is 16.9 Å². The minimum absolute atomic E-state index is 0.601. The third kappa shape index (κ3) is 2.51. The van der Waals surface area contributed by atoms with Gasteiger partial charge in [-0.3, -0.25) is 0 Å². The predicted octanol–water partition coefficient (Wildman–Crippen LogP) is 3.40. The Hall–Kier alpha value is -1.32. The summed E-state index contributed by atoms with van der Waals surface area (Å²) in [6, 6.07) is 9.93. The number of benzene rings is 1. The van der Waals surface area contributed by atoms with E-state index in [0.717, 1.165) is 22.6 Å². The van der Waals surface area contributed by atoms with Gasteiger partial charge in [-0.2, -0.15) is 0 Å². The first kappa shape index (κ1) is 12.1. The molecule has 0 fully saturated rings. The smallest absolute Gasteiger partial charge is 0.135 e. The van der Waals surface area contributed by atoms with E-state index in [4.69, 9.17) is 4.74 Å². The maximum Gasteiger partial charge on any atom is 0.135 e. The van der Waals surface area contributed by atoms with Gasteiger partial charge in [-0.25, -0.2) is 0 Å². The van der Waals surface area contributed by atoms with Crippen LogP contribution in [0, 0.1) is 0 Å². The largest absolute Gasteiger partial charge is 0.495 e. The molecule has 1 N–H and O–H groups in total. The van der Waals surface area contributed by atoms with Gasteiger partial charge in [-0.1, -0.05) is 31.2 Å². The van der Waals surface area contributed by atoms with Gasteiger partial charge in [-0.05, 0) is 29.0 Å². The van der Waals surface area contributed by atoms with E-state index in [1.807, 2.05) is 29.6 Å². The molecule has 0 aliphatic carbocycles. The van der Waals surface area contributed by atoms with Crippen LogP contribution in [-0.4, -0.2) is 12.2 Å². The van der Waals surface area contributed by atoms with Crippen LogP contribution in [0.15, 0.2) is 35.7 Å². The van der Waals surface area contributed by atoms with E-state index in [2.05, 4.69) is 13.0 Å². The highest BCUT2D eigenvalue weighted by Crippen LogP contribution is 2.34.